The molecule has 5 nitrogen and oxygen atoms in total. The monoisotopic (exact) mass is 311 g/mol. The maximum absolute atomic E-state index is 12.2. The van der Waals surface area contributed by atoms with Crippen LogP contribution in [0.15, 0.2) is 34.7 Å². The predicted octanol–water partition coefficient (Wildman–Crippen LogP) is 2.67. The smallest absolute Gasteiger partial charge is 0.206 e. The van der Waals surface area contributed by atoms with Gasteiger partial charge in [0.15, 0.2) is 5.82 Å². The van der Waals surface area contributed by atoms with Crippen molar-refractivity contribution in [3.8, 4) is 11.4 Å². The lowest BCUT2D eigenvalue weighted by atomic mass is 10.2. The van der Waals surface area contributed by atoms with Crippen molar-refractivity contribution in [2.45, 2.75) is 37.1 Å². The van der Waals surface area contributed by atoms with E-state index < -0.39 is 10.0 Å². The summed E-state index contributed by atoms with van der Waals surface area (Å²) >= 11 is 0.903. The number of nitrogens with zero attached hydrogens (tertiary/aromatic N) is 2. The summed E-state index contributed by atoms with van der Waals surface area (Å²) < 4.78 is 31.2. The van der Waals surface area contributed by atoms with Gasteiger partial charge in [-0.3, -0.25) is 0 Å². The summed E-state index contributed by atoms with van der Waals surface area (Å²) in [5.41, 5.74) is 0.813. The third-order valence-corrected chi connectivity index (χ3v) is 5.56. The average molecular weight is 311 g/mol. The molecule has 0 aliphatic rings. The highest BCUT2D eigenvalue weighted by Crippen LogP contribution is 2.21. The number of benzene rings is 1. The fraction of sp³-hybridized carbons (Fsp3) is 0.385. The van der Waals surface area contributed by atoms with Gasteiger partial charge in [-0.15, -0.1) is 0 Å². The highest BCUT2D eigenvalue weighted by molar-refractivity contribution is 7.91. The summed E-state index contributed by atoms with van der Waals surface area (Å²) in [6.07, 6.45) is 1.50. The van der Waals surface area contributed by atoms with E-state index in [4.69, 9.17) is 0 Å². The highest BCUT2D eigenvalue weighted by Gasteiger charge is 2.23. The van der Waals surface area contributed by atoms with Gasteiger partial charge in [0, 0.05) is 11.6 Å². The molecular formula is C13H17N3O2S2. The molecule has 0 radical (unpaired) electrons. The number of hydrogen-bond donors (Lipinski definition) is 1. The Morgan fingerprint density at radius 3 is 2.45 bits per heavy atom. The molecule has 0 aliphatic heterocycles. The Bertz CT molecular complexity index is 649. The molecule has 0 saturated heterocycles. The largest absolute Gasteiger partial charge is 0.269 e. The van der Waals surface area contributed by atoms with E-state index in [1.807, 2.05) is 44.2 Å². The molecule has 2 aromatic rings. The summed E-state index contributed by atoms with van der Waals surface area (Å²) in [5, 5.41) is 0. The van der Waals surface area contributed by atoms with E-state index in [0.717, 1.165) is 29.9 Å². The fourth-order valence-electron chi connectivity index (χ4n) is 1.75. The number of nitrogens with one attached hydrogen (secondary N) is 1. The second kappa shape index (κ2) is 6.43. The van der Waals surface area contributed by atoms with Crippen LogP contribution >= 0.6 is 11.5 Å². The maximum atomic E-state index is 12.2. The first-order valence-electron chi connectivity index (χ1n) is 6.48. The van der Waals surface area contributed by atoms with Crippen LogP contribution in [0.1, 0.15) is 26.7 Å². The second-order valence-electron chi connectivity index (χ2n) is 4.38. The van der Waals surface area contributed by atoms with Crippen molar-refractivity contribution >= 4 is 21.6 Å². The molecule has 1 heterocycles. The molecule has 0 bridgehead atoms. The number of aromatic nitrogens is 2. The minimum Gasteiger partial charge on any atom is -0.206 e. The second-order valence-corrected chi connectivity index (χ2v) is 7.02. The van der Waals surface area contributed by atoms with Crippen LogP contribution in [-0.2, 0) is 10.0 Å². The SMILES string of the molecule is CCC(CC)NS(=O)(=O)c1nc(-c2ccccc2)ns1. The number of rotatable bonds is 6. The molecule has 0 spiro atoms. The first-order valence-corrected chi connectivity index (χ1v) is 8.74. The summed E-state index contributed by atoms with van der Waals surface area (Å²) in [6, 6.07) is 9.27. The van der Waals surface area contributed by atoms with Gasteiger partial charge in [-0.2, -0.15) is 4.37 Å². The molecule has 1 N–H and O–H groups in total. The van der Waals surface area contributed by atoms with E-state index in [9.17, 15) is 8.42 Å². The molecule has 1 aromatic heterocycles. The first-order chi connectivity index (χ1) is 9.56. The Hall–Kier alpha value is -1.31. The van der Waals surface area contributed by atoms with E-state index in [1.165, 1.54) is 0 Å². The van der Waals surface area contributed by atoms with Gasteiger partial charge in [-0.25, -0.2) is 18.1 Å². The van der Waals surface area contributed by atoms with Crippen molar-refractivity contribution < 1.29 is 8.42 Å². The lowest BCUT2D eigenvalue weighted by molar-refractivity contribution is 0.530. The minimum atomic E-state index is -3.58. The van der Waals surface area contributed by atoms with Crippen molar-refractivity contribution in [1.82, 2.24) is 14.1 Å². The van der Waals surface area contributed by atoms with Gasteiger partial charge in [0.25, 0.3) is 10.0 Å². The summed E-state index contributed by atoms with van der Waals surface area (Å²) in [5.74, 6) is 0.445. The van der Waals surface area contributed by atoms with Crippen molar-refractivity contribution in [2.24, 2.45) is 0 Å². The van der Waals surface area contributed by atoms with Crippen LogP contribution in [0.25, 0.3) is 11.4 Å². The molecule has 0 aliphatic carbocycles. The van der Waals surface area contributed by atoms with Gasteiger partial charge in [-0.1, -0.05) is 44.2 Å². The number of hydrogen-bond acceptors (Lipinski definition) is 5. The zero-order valence-electron chi connectivity index (χ0n) is 11.4. The standard InChI is InChI=1S/C13H17N3O2S2/c1-3-11(4-2)16-20(17,18)13-14-12(15-19-13)10-8-6-5-7-9-10/h5-9,11,16H,3-4H2,1-2H3. The van der Waals surface area contributed by atoms with Crippen molar-refractivity contribution in [3.05, 3.63) is 30.3 Å². The minimum absolute atomic E-state index is 0.0169. The van der Waals surface area contributed by atoms with Crippen molar-refractivity contribution in [3.63, 3.8) is 0 Å². The van der Waals surface area contributed by atoms with Crippen LogP contribution in [0.4, 0.5) is 0 Å². The van der Waals surface area contributed by atoms with Crippen molar-refractivity contribution in [2.75, 3.05) is 0 Å². The predicted molar refractivity (Wildman–Crippen MR) is 80.0 cm³/mol. The summed E-state index contributed by atoms with van der Waals surface area (Å²) in [6.45, 7) is 3.90. The van der Waals surface area contributed by atoms with Gasteiger partial charge in [0.1, 0.15) is 0 Å². The lowest BCUT2D eigenvalue weighted by Crippen LogP contribution is -2.33. The van der Waals surface area contributed by atoms with E-state index in [0.29, 0.717) is 5.82 Å². The quantitative estimate of drug-likeness (QED) is 0.890. The Morgan fingerprint density at radius 2 is 1.85 bits per heavy atom. The molecule has 7 heteroatoms. The van der Waals surface area contributed by atoms with Crippen LogP contribution in [0.5, 0.6) is 0 Å². The maximum Gasteiger partial charge on any atom is 0.269 e. The molecule has 20 heavy (non-hydrogen) atoms. The first kappa shape index (κ1) is 15.1. The van der Waals surface area contributed by atoms with E-state index in [-0.39, 0.29) is 10.4 Å². The normalized spacial score (nSPS) is 11.9. The van der Waals surface area contributed by atoms with Crippen LogP contribution in [0.3, 0.4) is 0 Å². The summed E-state index contributed by atoms with van der Waals surface area (Å²) in [4.78, 5) is 4.13. The van der Waals surface area contributed by atoms with E-state index in [2.05, 4.69) is 14.1 Å². The Kier molecular flexibility index (Phi) is 4.85. The molecule has 108 valence electrons. The van der Waals surface area contributed by atoms with E-state index >= 15 is 0 Å². The number of sulfonamides is 1. The molecular weight excluding hydrogens is 294 g/mol. The average Bonchev–Trinajstić information content (AvgIpc) is 2.96. The zero-order valence-corrected chi connectivity index (χ0v) is 13.0. The van der Waals surface area contributed by atoms with Gasteiger partial charge in [-0.05, 0) is 24.4 Å². The van der Waals surface area contributed by atoms with Crippen LogP contribution in [0.2, 0.25) is 0 Å². The summed E-state index contributed by atoms with van der Waals surface area (Å²) in [7, 11) is -3.58. The molecule has 0 fully saturated rings. The fourth-order valence-corrected chi connectivity index (χ4v) is 3.91. The van der Waals surface area contributed by atoms with Gasteiger partial charge in [0.2, 0.25) is 4.34 Å². The third kappa shape index (κ3) is 3.41. The Labute approximate surface area is 123 Å². The van der Waals surface area contributed by atoms with E-state index in [1.54, 1.807) is 0 Å². The molecule has 0 amide bonds. The van der Waals surface area contributed by atoms with Gasteiger partial charge < -0.3 is 0 Å². The van der Waals surface area contributed by atoms with Gasteiger partial charge in [0.05, 0.1) is 0 Å². The molecule has 0 unspecified atom stereocenters. The van der Waals surface area contributed by atoms with Crippen LogP contribution in [0, 0.1) is 0 Å². The molecule has 0 atom stereocenters. The van der Waals surface area contributed by atoms with Crippen LogP contribution < -0.4 is 4.72 Å². The topological polar surface area (TPSA) is 72.0 Å². The third-order valence-electron chi connectivity index (χ3n) is 2.98. The van der Waals surface area contributed by atoms with Gasteiger partial charge >= 0.3 is 0 Å². The van der Waals surface area contributed by atoms with Crippen LogP contribution in [-0.4, -0.2) is 23.8 Å². The lowest BCUT2D eigenvalue weighted by Gasteiger charge is -2.12. The molecule has 0 saturated carbocycles. The molecule has 2 rings (SSSR count). The zero-order chi connectivity index (χ0) is 14.6. The Morgan fingerprint density at radius 1 is 1.20 bits per heavy atom. The molecule has 1 aromatic carbocycles. The highest BCUT2D eigenvalue weighted by atomic mass is 32.2. The van der Waals surface area contributed by atoms with Crippen molar-refractivity contribution in [1.29, 1.82) is 0 Å². The Balaban J connectivity index is 2.24.